The highest BCUT2D eigenvalue weighted by Crippen LogP contribution is 2.27. The van der Waals surface area contributed by atoms with Crippen LogP contribution in [0.15, 0.2) is 23.6 Å². The minimum Gasteiger partial charge on any atom is -0.144 e. The first-order chi connectivity index (χ1) is 5.29. The van der Waals surface area contributed by atoms with Gasteiger partial charge in [0.25, 0.3) is 0 Å². The first-order valence-electron chi connectivity index (χ1n) is 3.72. The van der Waals surface area contributed by atoms with Gasteiger partial charge in [-0.25, -0.2) is 0 Å². The summed E-state index contributed by atoms with van der Waals surface area (Å²) in [7, 11) is 0. The molecule has 56 valence electrons. The molecular formula is C10H10S. The van der Waals surface area contributed by atoms with Gasteiger partial charge in [-0.1, -0.05) is 12.1 Å². The first-order valence-corrected chi connectivity index (χ1v) is 4.60. The molecule has 0 bridgehead atoms. The zero-order chi connectivity index (χ0) is 7.84. The minimum absolute atomic E-state index is 1.39. The second-order valence-electron chi connectivity index (χ2n) is 2.87. The van der Waals surface area contributed by atoms with Crippen LogP contribution < -0.4 is 0 Å². The largest absolute Gasteiger partial charge is 0.144 e. The van der Waals surface area contributed by atoms with Gasteiger partial charge in [-0.2, -0.15) is 0 Å². The maximum Gasteiger partial charge on any atom is 0.0348 e. The Bertz CT molecular complexity index is 385. The third-order valence-electron chi connectivity index (χ3n) is 1.99. The fourth-order valence-corrected chi connectivity index (χ4v) is 2.47. The van der Waals surface area contributed by atoms with Crippen LogP contribution in [0, 0.1) is 13.8 Å². The average Bonchev–Trinajstić information content (AvgIpc) is 2.34. The lowest BCUT2D eigenvalue weighted by Crippen LogP contribution is -1.73. The monoisotopic (exact) mass is 162 g/mol. The van der Waals surface area contributed by atoms with E-state index in [1.54, 1.807) is 0 Å². The maximum atomic E-state index is 2.22. The number of hydrogen-bond acceptors (Lipinski definition) is 1. The number of fused-ring (bicyclic) bond motifs is 1. The summed E-state index contributed by atoms with van der Waals surface area (Å²) >= 11 is 1.83. The Labute approximate surface area is 70.5 Å². The van der Waals surface area contributed by atoms with Gasteiger partial charge in [-0.15, -0.1) is 11.3 Å². The Kier molecular flexibility index (Phi) is 1.46. The molecule has 0 aliphatic heterocycles. The number of aryl methyl sites for hydroxylation is 2. The molecule has 2 rings (SSSR count). The first kappa shape index (κ1) is 6.86. The molecule has 1 heteroatoms. The van der Waals surface area contributed by atoms with E-state index < -0.39 is 0 Å². The van der Waals surface area contributed by atoms with Crippen LogP contribution in [0.1, 0.15) is 11.1 Å². The van der Waals surface area contributed by atoms with E-state index >= 15 is 0 Å². The topological polar surface area (TPSA) is 0 Å². The van der Waals surface area contributed by atoms with Gasteiger partial charge in [0.15, 0.2) is 0 Å². The van der Waals surface area contributed by atoms with Crippen molar-refractivity contribution in [3.05, 3.63) is 34.7 Å². The normalized spacial score (nSPS) is 10.7. The number of rotatable bonds is 0. The molecule has 0 fully saturated rings. The fourth-order valence-electron chi connectivity index (χ4n) is 1.46. The van der Waals surface area contributed by atoms with Crippen molar-refractivity contribution in [2.75, 3.05) is 0 Å². The second kappa shape index (κ2) is 2.35. The van der Waals surface area contributed by atoms with E-state index in [1.165, 1.54) is 21.2 Å². The Hall–Kier alpha value is -0.820. The van der Waals surface area contributed by atoms with Crippen LogP contribution in [0.4, 0.5) is 0 Å². The number of thiophene rings is 1. The van der Waals surface area contributed by atoms with Crippen molar-refractivity contribution in [2.24, 2.45) is 0 Å². The summed E-state index contributed by atoms with van der Waals surface area (Å²) in [5, 5.41) is 3.66. The summed E-state index contributed by atoms with van der Waals surface area (Å²) in [6.45, 7) is 4.34. The molecule has 0 aliphatic rings. The quantitative estimate of drug-likeness (QED) is 0.556. The van der Waals surface area contributed by atoms with Crippen LogP contribution in [-0.4, -0.2) is 0 Å². The van der Waals surface area contributed by atoms with Gasteiger partial charge in [0, 0.05) is 4.70 Å². The molecule has 0 aliphatic carbocycles. The molecule has 0 unspecified atom stereocenters. The zero-order valence-corrected chi connectivity index (χ0v) is 7.53. The Morgan fingerprint density at radius 3 is 2.64 bits per heavy atom. The summed E-state index contributed by atoms with van der Waals surface area (Å²) in [6, 6.07) is 6.47. The van der Waals surface area contributed by atoms with Crippen LogP contribution in [0.3, 0.4) is 0 Å². The van der Waals surface area contributed by atoms with Crippen LogP contribution in [-0.2, 0) is 0 Å². The molecule has 1 aromatic carbocycles. The molecule has 2 aromatic rings. The summed E-state index contributed by atoms with van der Waals surface area (Å²) in [6.07, 6.45) is 0. The molecule has 0 amide bonds. The van der Waals surface area contributed by atoms with Gasteiger partial charge in [-0.05, 0) is 41.8 Å². The van der Waals surface area contributed by atoms with Gasteiger partial charge >= 0.3 is 0 Å². The van der Waals surface area contributed by atoms with E-state index in [-0.39, 0.29) is 0 Å². The van der Waals surface area contributed by atoms with E-state index in [0.29, 0.717) is 0 Å². The maximum absolute atomic E-state index is 2.22. The van der Waals surface area contributed by atoms with E-state index in [0.717, 1.165) is 0 Å². The van der Waals surface area contributed by atoms with Crippen molar-refractivity contribution in [1.82, 2.24) is 0 Å². The number of benzene rings is 1. The van der Waals surface area contributed by atoms with Crippen molar-refractivity contribution < 1.29 is 0 Å². The van der Waals surface area contributed by atoms with Crippen molar-refractivity contribution in [2.45, 2.75) is 13.8 Å². The summed E-state index contributed by atoms with van der Waals surface area (Å²) in [5.74, 6) is 0. The van der Waals surface area contributed by atoms with Crippen LogP contribution in [0.5, 0.6) is 0 Å². The predicted molar refractivity (Wildman–Crippen MR) is 51.3 cm³/mol. The molecule has 0 saturated heterocycles. The molecule has 1 heterocycles. The van der Waals surface area contributed by atoms with Crippen LogP contribution in [0.2, 0.25) is 0 Å². The van der Waals surface area contributed by atoms with Crippen molar-refractivity contribution >= 4 is 21.4 Å². The summed E-state index contributed by atoms with van der Waals surface area (Å²) < 4.78 is 1.41. The van der Waals surface area contributed by atoms with E-state index in [1.807, 2.05) is 11.3 Å². The Morgan fingerprint density at radius 2 is 1.91 bits per heavy atom. The zero-order valence-electron chi connectivity index (χ0n) is 6.72. The van der Waals surface area contributed by atoms with E-state index in [4.69, 9.17) is 0 Å². The predicted octanol–water partition coefficient (Wildman–Crippen LogP) is 3.52. The van der Waals surface area contributed by atoms with Crippen molar-refractivity contribution in [3.63, 3.8) is 0 Å². The summed E-state index contributed by atoms with van der Waals surface area (Å²) in [4.78, 5) is 0. The van der Waals surface area contributed by atoms with Gasteiger partial charge in [-0.3, -0.25) is 0 Å². The lowest BCUT2D eigenvalue weighted by molar-refractivity contribution is 1.50. The lowest BCUT2D eigenvalue weighted by atomic mass is 10.1. The average molecular weight is 162 g/mol. The SMILES string of the molecule is Cc1cccc2scc(C)c12. The fraction of sp³-hybridized carbons (Fsp3) is 0.200. The highest BCUT2D eigenvalue weighted by molar-refractivity contribution is 7.17. The molecule has 0 atom stereocenters. The highest BCUT2D eigenvalue weighted by Gasteiger charge is 2.00. The summed E-state index contributed by atoms with van der Waals surface area (Å²) in [5.41, 5.74) is 2.80. The van der Waals surface area contributed by atoms with Crippen molar-refractivity contribution in [1.29, 1.82) is 0 Å². The van der Waals surface area contributed by atoms with Crippen LogP contribution in [0.25, 0.3) is 10.1 Å². The third-order valence-corrected chi connectivity index (χ3v) is 3.06. The minimum atomic E-state index is 1.39. The smallest absolute Gasteiger partial charge is 0.0348 e. The molecule has 11 heavy (non-hydrogen) atoms. The highest BCUT2D eigenvalue weighted by atomic mass is 32.1. The van der Waals surface area contributed by atoms with Gasteiger partial charge in [0.05, 0.1) is 0 Å². The van der Waals surface area contributed by atoms with E-state index in [9.17, 15) is 0 Å². The second-order valence-corrected chi connectivity index (χ2v) is 3.78. The van der Waals surface area contributed by atoms with Gasteiger partial charge in [0.1, 0.15) is 0 Å². The van der Waals surface area contributed by atoms with Gasteiger partial charge < -0.3 is 0 Å². The number of hydrogen-bond donors (Lipinski definition) is 0. The lowest BCUT2D eigenvalue weighted by Gasteiger charge is -1.95. The molecule has 1 aromatic heterocycles. The van der Waals surface area contributed by atoms with Crippen molar-refractivity contribution in [3.8, 4) is 0 Å². The molecule has 0 nitrogen and oxygen atoms in total. The molecule has 0 spiro atoms. The standard InChI is InChI=1S/C10H10S/c1-7-4-3-5-9-10(7)8(2)6-11-9/h3-6H,1-2H3. The van der Waals surface area contributed by atoms with Gasteiger partial charge in [0.2, 0.25) is 0 Å². The third kappa shape index (κ3) is 0.962. The van der Waals surface area contributed by atoms with E-state index in [2.05, 4.69) is 37.4 Å². The molecular weight excluding hydrogens is 152 g/mol. The Morgan fingerprint density at radius 1 is 1.09 bits per heavy atom. The Balaban J connectivity index is 2.96. The molecule has 0 N–H and O–H groups in total. The molecule has 0 saturated carbocycles. The van der Waals surface area contributed by atoms with Crippen LogP contribution >= 0.6 is 11.3 Å². The molecule has 0 radical (unpaired) electrons.